The number of halogens is 1. The Morgan fingerprint density at radius 2 is 2.11 bits per heavy atom. The van der Waals surface area contributed by atoms with Crippen LogP contribution < -0.4 is 10.6 Å². The first kappa shape index (κ1) is 14.6. The van der Waals surface area contributed by atoms with Gasteiger partial charge < -0.3 is 10.6 Å². The van der Waals surface area contributed by atoms with Crippen molar-refractivity contribution in [1.82, 2.24) is 0 Å². The van der Waals surface area contributed by atoms with Crippen LogP contribution in [0.5, 0.6) is 0 Å². The van der Waals surface area contributed by atoms with Crippen molar-refractivity contribution in [3.05, 3.63) is 50.6 Å². The fraction of sp³-hybridized carbons (Fsp3) is 0.333. The summed E-state index contributed by atoms with van der Waals surface area (Å²) in [6, 6.07) is 11.1. The highest BCUT2D eigenvalue weighted by Crippen LogP contribution is 2.27. The van der Waals surface area contributed by atoms with Gasteiger partial charge in [-0.3, -0.25) is 0 Å². The van der Waals surface area contributed by atoms with Gasteiger partial charge in [0.15, 0.2) is 0 Å². The third-order valence-corrected chi connectivity index (χ3v) is 4.36. The van der Waals surface area contributed by atoms with Crippen LogP contribution >= 0.6 is 27.3 Å². The fourth-order valence-corrected chi connectivity index (χ4v) is 3.29. The quantitative estimate of drug-likeness (QED) is 0.876. The van der Waals surface area contributed by atoms with Crippen molar-refractivity contribution in [3.63, 3.8) is 0 Å². The highest BCUT2D eigenvalue weighted by atomic mass is 79.9. The first-order valence-electron chi connectivity index (χ1n) is 6.38. The minimum atomic E-state index is 0.446. The molecular formula is C15H19BrN2S. The molecule has 102 valence electrons. The largest absolute Gasteiger partial charge is 0.364 e. The van der Waals surface area contributed by atoms with Gasteiger partial charge in [-0.25, -0.2) is 0 Å². The molecule has 2 nitrogen and oxygen atoms in total. The summed E-state index contributed by atoms with van der Waals surface area (Å²) in [5, 5.41) is 2.13. The lowest BCUT2D eigenvalue weighted by molar-refractivity contribution is 0.686. The zero-order valence-corrected chi connectivity index (χ0v) is 13.7. The Labute approximate surface area is 127 Å². The Kier molecular flexibility index (Phi) is 5.02. The van der Waals surface area contributed by atoms with Crippen LogP contribution in [0.15, 0.2) is 40.2 Å². The number of nitrogens with zero attached hydrogens (tertiary/aromatic N) is 1. The zero-order valence-electron chi connectivity index (χ0n) is 11.3. The number of anilines is 1. The maximum Gasteiger partial charge on any atom is 0.0525 e. The van der Waals surface area contributed by atoms with Crippen LogP contribution in [0, 0.1) is 0 Å². The monoisotopic (exact) mass is 338 g/mol. The second-order valence-electron chi connectivity index (χ2n) is 4.82. The van der Waals surface area contributed by atoms with E-state index in [9.17, 15) is 0 Å². The number of rotatable bonds is 5. The lowest BCUT2D eigenvalue weighted by Crippen LogP contribution is -2.29. The van der Waals surface area contributed by atoms with Gasteiger partial charge in [-0.2, -0.15) is 0 Å². The Morgan fingerprint density at radius 3 is 2.68 bits per heavy atom. The van der Waals surface area contributed by atoms with Crippen LogP contribution in [0.3, 0.4) is 0 Å². The average molecular weight is 339 g/mol. The molecule has 0 amide bonds. The number of benzene rings is 1. The van der Waals surface area contributed by atoms with Gasteiger partial charge >= 0.3 is 0 Å². The van der Waals surface area contributed by atoms with Crippen LogP contribution in [0.4, 0.5) is 5.69 Å². The Balaban J connectivity index is 2.30. The molecular weight excluding hydrogens is 320 g/mol. The van der Waals surface area contributed by atoms with E-state index < -0.39 is 0 Å². The predicted octanol–water partition coefficient (Wildman–Crippen LogP) is 4.38. The summed E-state index contributed by atoms with van der Waals surface area (Å²) in [6.07, 6.45) is 0. The minimum absolute atomic E-state index is 0.446. The number of hydrogen-bond acceptors (Lipinski definition) is 3. The molecule has 0 aliphatic carbocycles. The second kappa shape index (κ2) is 6.55. The van der Waals surface area contributed by atoms with Crippen LogP contribution in [-0.2, 0) is 13.1 Å². The maximum atomic E-state index is 5.76. The van der Waals surface area contributed by atoms with Crippen LogP contribution in [-0.4, -0.2) is 6.04 Å². The molecule has 0 aliphatic heterocycles. The van der Waals surface area contributed by atoms with Crippen molar-refractivity contribution in [2.75, 3.05) is 4.90 Å². The van der Waals surface area contributed by atoms with E-state index in [0.717, 1.165) is 16.6 Å². The normalized spacial score (nSPS) is 11.0. The highest BCUT2D eigenvalue weighted by molar-refractivity contribution is 9.10. The lowest BCUT2D eigenvalue weighted by Gasteiger charge is -2.29. The fourth-order valence-electron chi connectivity index (χ4n) is 2.06. The molecule has 0 aliphatic rings. The number of nitrogens with two attached hydrogens (primary N) is 1. The molecule has 1 aromatic heterocycles. The van der Waals surface area contributed by atoms with E-state index in [1.807, 2.05) is 0 Å². The van der Waals surface area contributed by atoms with Gasteiger partial charge in [-0.15, -0.1) is 11.3 Å². The molecule has 0 radical (unpaired) electrons. The first-order valence-corrected chi connectivity index (χ1v) is 8.06. The lowest BCUT2D eigenvalue weighted by atomic mass is 10.1. The summed E-state index contributed by atoms with van der Waals surface area (Å²) in [5.41, 5.74) is 8.14. The summed E-state index contributed by atoms with van der Waals surface area (Å²) in [7, 11) is 0. The predicted molar refractivity (Wildman–Crippen MR) is 87.7 cm³/mol. The third kappa shape index (κ3) is 3.81. The summed E-state index contributed by atoms with van der Waals surface area (Å²) < 4.78 is 1.09. The number of thiophene rings is 1. The highest BCUT2D eigenvalue weighted by Gasteiger charge is 2.13. The summed E-state index contributed by atoms with van der Waals surface area (Å²) >= 11 is 5.37. The van der Waals surface area contributed by atoms with Crippen molar-refractivity contribution < 1.29 is 0 Å². The van der Waals surface area contributed by atoms with E-state index in [0.29, 0.717) is 12.6 Å². The summed E-state index contributed by atoms with van der Waals surface area (Å²) in [6.45, 7) is 5.94. The molecule has 19 heavy (non-hydrogen) atoms. The molecule has 0 unspecified atom stereocenters. The van der Waals surface area contributed by atoms with E-state index in [-0.39, 0.29) is 0 Å². The Hall–Kier alpha value is -0.840. The van der Waals surface area contributed by atoms with Gasteiger partial charge in [0.05, 0.1) is 6.54 Å². The molecule has 2 rings (SSSR count). The van der Waals surface area contributed by atoms with Gasteiger partial charge in [0.1, 0.15) is 0 Å². The SMILES string of the molecule is CC(C)N(Cc1cccs1)c1cc(Br)cc(CN)c1. The van der Waals surface area contributed by atoms with E-state index in [1.165, 1.54) is 10.6 Å². The molecule has 0 fully saturated rings. The minimum Gasteiger partial charge on any atom is -0.364 e. The molecule has 4 heteroatoms. The van der Waals surface area contributed by atoms with Gasteiger partial charge in [0, 0.05) is 27.6 Å². The molecule has 1 heterocycles. The van der Waals surface area contributed by atoms with E-state index in [1.54, 1.807) is 11.3 Å². The maximum absolute atomic E-state index is 5.76. The Morgan fingerprint density at radius 1 is 1.32 bits per heavy atom. The van der Waals surface area contributed by atoms with Crippen LogP contribution in [0.25, 0.3) is 0 Å². The van der Waals surface area contributed by atoms with Gasteiger partial charge in [-0.1, -0.05) is 22.0 Å². The first-order chi connectivity index (χ1) is 9.10. The topological polar surface area (TPSA) is 29.3 Å². The van der Waals surface area contributed by atoms with Crippen molar-refractivity contribution in [2.45, 2.75) is 33.0 Å². The Bertz CT molecular complexity index is 523. The summed E-state index contributed by atoms with van der Waals surface area (Å²) in [5.74, 6) is 0. The van der Waals surface area contributed by atoms with E-state index in [2.05, 4.69) is 70.4 Å². The van der Waals surface area contributed by atoms with E-state index >= 15 is 0 Å². The molecule has 1 aromatic carbocycles. The molecule has 2 N–H and O–H groups in total. The molecule has 2 aromatic rings. The second-order valence-corrected chi connectivity index (χ2v) is 6.77. The third-order valence-electron chi connectivity index (χ3n) is 3.04. The van der Waals surface area contributed by atoms with Gasteiger partial charge in [-0.05, 0) is 49.1 Å². The van der Waals surface area contributed by atoms with Crippen LogP contribution in [0.1, 0.15) is 24.3 Å². The van der Waals surface area contributed by atoms with Crippen molar-refractivity contribution in [3.8, 4) is 0 Å². The van der Waals surface area contributed by atoms with Crippen molar-refractivity contribution in [2.24, 2.45) is 5.73 Å². The summed E-state index contributed by atoms with van der Waals surface area (Å²) in [4.78, 5) is 3.78. The van der Waals surface area contributed by atoms with Gasteiger partial charge in [0.25, 0.3) is 0 Å². The van der Waals surface area contributed by atoms with Gasteiger partial charge in [0.2, 0.25) is 0 Å². The molecule has 0 bridgehead atoms. The molecule has 0 saturated heterocycles. The van der Waals surface area contributed by atoms with Crippen molar-refractivity contribution in [1.29, 1.82) is 0 Å². The zero-order chi connectivity index (χ0) is 13.8. The average Bonchev–Trinajstić information content (AvgIpc) is 2.87. The number of hydrogen-bond donors (Lipinski definition) is 1. The molecule has 0 spiro atoms. The molecule has 0 atom stereocenters. The van der Waals surface area contributed by atoms with E-state index in [4.69, 9.17) is 5.73 Å². The van der Waals surface area contributed by atoms with Crippen LogP contribution in [0.2, 0.25) is 0 Å². The van der Waals surface area contributed by atoms with Crippen molar-refractivity contribution >= 4 is 33.0 Å². The standard InChI is InChI=1S/C15H19BrN2S/c1-11(2)18(10-15-4-3-5-19-15)14-7-12(9-17)6-13(16)8-14/h3-8,11H,9-10,17H2,1-2H3. The molecule has 0 saturated carbocycles. The smallest absolute Gasteiger partial charge is 0.0525 e.